The lowest BCUT2D eigenvalue weighted by atomic mass is 10.4. The molecule has 6 nitrogen and oxygen atoms in total. The van der Waals surface area contributed by atoms with Gasteiger partial charge in [0.15, 0.2) is 0 Å². The predicted octanol–water partition coefficient (Wildman–Crippen LogP) is 1.34. The van der Waals surface area contributed by atoms with E-state index in [1.807, 2.05) is 0 Å². The van der Waals surface area contributed by atoms with Crippen molar-refractivity contribution in [1.29, 1.82) is 0 Å². The van der Waals surface area contributed by atoms with Crippen molar-refractivity contribution in [1.82, 2.24) is 0 Å². The van der Waals surface area contributed by atoms with E-state index in [4.69, 9.17) is 5.11 Å². The number of aliphatic carboxylic acids is 1. The van der Waals surface area contributed by atoms with Gasteiger partial charge in [-0.25, -0.2) is 0 Å². The van der Waals surface area contributed by atoms with Gasteiger partial charge in [-0.2, -0.15) is 0 Å². The zero-order valence-corrected chi connectivity index (χ0v) is 6.32. The van der Waals surface area contributed by atoms with Crippen LogP contribution >= 0.6 is 15.9 Å². The predicted molar refractivity (Wildman–Crippen MR) is 33.6 cm³/mol. The summed E-state index contributed by atoms with van der Waals surface area (Å²) in [4.78, 5) is 10.1. The summed E-state index contributed by atoms with van der Waals surface area (Å²) in [5.74, 6) is -1.00. The minimum Gasteiger partial charge on any atom is -0.481 e. The van der Waals surface area contributed by atoms with Crippen LogP contribution in [-0.4, -0.2) is 15.6 Å². The Kier molecular flexibility index (Phi) is 1.75. The third kappa shape index (κ3) is 1.56. The van der Waals surface area contributed by atoms with Crippen molar-refractivity contribution in [3.8, 4) is 0 Å². The molecule has 0 saturated carbocycles. The monoisotopic (exact) mass is 206 g/mol. The lowest BCUT2D eigenvalue weighted by Crippen LogP contribution is -2.16. The molecule has 0 unspecified atom stereocenters. The van der Waals surface area contributed by atoms with Crippen LogP contribution in [0, 0.1) is 0 Å². The molecule has 1 rings (SSSR count). The molecule has 1 N–H and O–H groups in total. The van der Waals surface area contributed by atoms with Gasteiger partial charge >= 0.3 is 5.97 Å². The largest absolute Gasteiger partial charge is 0.481 e. The van der Waals surface area contributed by atoms with Crippen LogP contribution in [-0.2, 0) is 4.79 Å². The number of halogens is 1. The van der Waals surface area contributed by atoms with Crippen LogP contribution in [0.15, 0.2) is 20.7 Å². The third-order valence-electron chi connectivity index (χ3n) is 0.812. The van der Waals surface area contributed by atoms with Crippen molar-refractivity contribution < 1.29 is 9.90 Å². The Morgan fingerprint density at radius 1 is 1.50 bits per heavy atom. The van der Waals surface area contributed by atoms with E-state index in [9.17, 15) is 4.79 Å². The van der Waals surface area contributed by atoms with Crippen molar-refractivity contribution in [3.05, 3.63) is 0 Å². The first-order valence-electron chi connectivity index (χ1n) is 2.37. The Morgan fingerprint density at radius 2 is 2.00 bits per heavy atom. The highest BCUT2D eigenvalue weighted by molar-refractivity contribution is 9.10. The van der Waals surface area contributed by atoms with Gasteiger partial charge in [-0.1, -0.05) is 0 Å². The molecule has 0 aromatic heterocycles. The summed E-state index contributed by atoms with van der Waals surface area (Å²) < 4.78 is -1.15. The van der Waals surface area contributed by atoms with E-state index in [1.54, 1.807) is 0 Å². The maximum Gasteiger partial charge on any atom is 0.308 e. The maximum atomic E-state index is 10.1. The number of carboxylic acids is 1. The molecule has 0 bridgehead atoms. The molecule has 0 spiro atoms. The van der Waals surface area contributed by atoms with Crippen molar-refractivity contribution >= 4 is 21.9 Å². The van der Waals surface area contributed by atoms with E-state index in [0.29, 0.717) is 0 Å². The van der Waals surface area contributed by atoms with Gasteiger partial charge in [-0.3, -0.25) is 4.79 Å². The number of rotatable bonds is 2. The second-order valence-electron chi connectivity index (χ2n) is 1.67. The summed E-state index contributed by atoms with van der Waals surface area (Å²) >= 11 is 2.94. The van der Waals surface area contributed by atoms with Crippen LogP contribution in [0.1, 0.15) is 6.42 Å². The Balaban J connectivity index is 2.62. The molecule has 0 aromatic rings. The molecule has 54 valence electrons. The summed E-state index contributed by atoms with van der Waals surface area (Å²) in [6.07, 6.45) is -0.250. The van der Waals surface area contributed by atoms with Gasteiger partial charge in [0, 0.05) is 0 Å². The summed E-state index contributed by atoms with van der Waals surface area (Å²) in [6, 6.07) is 0. The minimum absolute atomic E-state index is 0.250. The molecular formula is C3H3BrN4O2. The van der Waals surface area contributed by atoms with Gasteiger partial charge in [-0.05, 0) is 26.4 Å². The van der Waals surface area contributed by atoms with Crippen LogP contribution in [0.4, 0.5) is 0 Å². The van der Waals surface area contributed by atoms with E-state index in [-0.39, 0.29) is 6.42 Å². The topological polar surface area (TPSA) is 86.7 Å². The molecule has 0 amide bonds. The van der Waals surface area contributed by atoms with Crippen LogP contribution in [0.3, 0.4) is 0 Å². The highest BCUT2D eigenvalue weighted by Crippen LogP contribution is 2.30. The Bertz CT molecular complexity index is 201. The molecule has 0 fully saturated rings. The van der Waals surface area contributed by atoms with E-state index in [0.717, 1.165) is 0 Å². The van der Waals surface area contributed by atoms with E-state index in [1.165, 1.54) is 0 Å². The fraction of sp³-hybridized carbons (Fsp3) is 0.667. The fourth-order valence-electron chi connectivity index (χ4n) is 0.460. The van der Waals surface area contributed by atoms with Gasteiger partial charge in [0.1, 0.15) is 6.42 Å². The van der Waals surface area contributed by atoms with Crippen molar-refractivity contribution in [3.63, 3.8) is 0 Å². The zero-order valence-electron chi connectivity index (χ0n) is 4.73. The van der Waals surface area contributed by atoms with Gasteiger partial charge in [0.05, 0.1) is 0 Å². The van der Waals surface area contributed by atoms with Crippen LogP contribution in [0.5, 0.6) is 0 Å². The minimum atomic E-state index is -1.15. The molecule has 1 aliphatic heterocycles. The summed E-state index contributed by atoms with van der Waals surface area (Å²) in [5.41, 5.74) is 0. The number of carboxylic acid groups (broad SMARTS) is 1. The molecule has 7 heteroatoms. The standard InChI is InChI=1S/C3H3BrN4O2/c4-3(1-2(9)10)5-7-8-6-3/h1H2,(H,9,10). The second-order valence-corrected chi connectivity index (χ2v) is 2.94. The molecule has 0 aliphatic carbocycles. The van der Waals surface area contributed by atoms with E-state index >= 15 is 0 Å². The number of alkyl halides is 1. The highest BCUT2D eigenvalue weighted by atomic mass is 79.9. The second kappa shape index (κ2) is 2.41. The lowest BCUT2D eigenvalue weighted by Gasteiger charge is -2.05. The van der Waals surface area contributed by atoms with Crippen molar-refractivity contribution in [2.24, 2.45) is 20.7 Å². The molecule has 1 heterocycles. The van der Waals surface area contributed by atoms with E-state index in [2.05, 4.69) is 36.6 Å². The first kappa shape index (κ1) is 7.26. The van der Waals surface area contributed by atoms with Crippen LogP contribution in [0.2, 0.25) is 0 Å². The molecule has 10 heavy (non-hydrogen) atoms. The normalized spacial score (nSPS) is 19.7. The summed E-state index contributed by atoms with van der Waals surface area (Å²) in [6.45, 7) is 0. The molecule has 0 aromatic carbocycles. The number of hydrogen-bond acceptors (Lipinski definition) is 5. The van der Waals surface area contributed by atoms with Gasteiger partial charge < -0.3 is 5.11 Å². The zero-order chi connectivity index (χ0) is 7.61. The average molecular weight is 207 g/mol. The van der Waals surface area contributed by atoms with Crippen LogP contribution in [0.25, 0.3) is 0 Å². The Morgan fingerprint density at radius 3 is 2.40 bits per heavy atom. The van der Waals surface area contributed by atoms with Crippen molar-refractivity contribution in [2.75, 3.05) is 0 Å². The summed E-state index contributed by atoms with van der Waals surface area (Å²) in [7, 11) is 0. The molecule has 1 aliphatic rings. The first-order chi connectivity index (χ1) is 4.62. The first-order valence-corrected chi connectivity index (χ1v) is 3.16. The third-order valence-corrected chi connectivity index (χ3v) is 1.41. The highest BCUT2D eigenvalue weighted by Gasteiger charge is 2.32. The Labute approximate surface area is 64.2 Å². The fourth-order valence-corrected chi connectivity index (χ4v) is 0.842. The summed E-state index contributed by atoms with van der Waals surface area (Å²) in [5, 5.41) is 21.5. The van der Waals surface area contributed by atoms with Gasteiger partial charge in [-0.15, -0.1) is 10.2 Å². The molecular weight excluding hydrogens is 204 g/mol. The number of hydrogen-bond donors (Lipinski definition) is 1. The molecule has 0 atom stereocenters. The quantitative estimate of drug-likeness (QED) is 0.546. The van der Waals surface area contributed by atoms with Gasteiger partial charge in [0.2, 0.25) is 0 Å². The smallest absolute Gasteiger partial charge is 0.308 e. The lowest BCUT2D eigenvalue weighted by molar-refractivity contribution is -0.137. The Hall–Kier alpha value is -0.850. The number of carbonyl (C=O) groups is 1. The van der Waals surface area contributed by atoms with E-state index < -0.39 is 10.5 Å². The number of nitrogens with zero attached hydrogens (tertiary/aromatic N) is 4. The van der Waals surface area contributed by atoms with Crippen molar-refractivity contribution in [2.45, 2.75) is 11.0 Å². The SMILES string of the molecule is O=C(O)CC1(Br)N=NN=N1. The van der Waals surface area contributed by atoms with Gasteiger partial charge in [0.25, 0.3) is 4.57 Å². The molecule has 0 saturated heterocycles. The molecule has 0 radical (unpaired) electrons. The van der Waals surface area contributed by atoms with Crippen LogP contribution < -0.4 is 0 Å². The maximum absolute atomic E-state index is 10.1. The average Bonchev–Trinajstić information content (AvgIpc) is 2.12.